The molecule has 0 unspecified atom stereocenters. The zero-order valence-electron chi connectivity index (χ0n) is 18.4. The van der Waals surface area contributed by atoms with Crippen LogP contribution in [0.5, 0.6) is 11.5 Å². The summed E-state index contributed by atoms with van der Waals surface area (Å²) in [5.74, 6) is -0.414. The van der Waals surface area contributed by atoms with Gasteiger partial charge in [-0.1, -0.05) is 26.0 Å². The van der Waals surface area contributed by atoms with Crippen LogP contribution in [0, 0.1) is 17.2 Å². The summed E-state index contributed by atoms with van der Waals surface area (Å²) in [7, 11) is 1.54. The van der Waals surface area contributed by atoms with Crippen LogP contribution in [0.4, 0.5) is 0 Å². The van der Waals surface area contributed by atoms with E-state index in [0.29, 0.717) is 23.2 Å². The van der Waals surface area contributed by atoms with Crippen LogP contribution in [-0.2, 0) is 4.79 Å². The third kappa shape index (κ3) is 5.86. The molecule has 1 N–H and O–H groups in total. The Labute approximate surface area is 190 Å². The smallest absolute Gasteiger partial charge is 0.354 e. The molecule has 0 fully saturated rings. The van der Waals surface area contributed by atoms with Gasteiger partial charge in [0.25, 0.3) is 5.91 Å². The monoisotopic (exact) mass is 446 g/mol. The van der Waals surface area contributed by atoms with Gasteiger partial charge in [0, 0.05) is 18.0 Å². The van der Waals surface area contributed by atoms with E-state index in [-0.39, 0.29) is 28.4 Å². The first-order valence-electron chi connectivity index (χ1n) is 10.1. The number of carbonyl (C=O) groups is 2. The summed E-state index contributed by atoms with van der Waals surface area (Å²) in [6, 6.07) is 14.4. The van der Waals surface area contributed by atoms with Crippen molar-refractivity contribution in [3.63, 3.8) is 0 Å². The number of carbonyl (C=O) groups excluding carboxylic acids is 2. The number of nitriles is 1. The van der Waals surface area contributed by atoms with E-state index in [0.717, 1.165) is 0 Å². The highest BCUT2D eigenvalue weighted by Crippen LogP contribution is 2.22. The van der Waals surface area contributed by atoms with Gasteiger partial charge in [-0.15, -0.1) is 0 Å². The first-order chi connectivity index (χ1) is 15.8. The van der Waals surface area contributed by atoms with Crippen molar-refractivity contribution in [2.24, 2.45) is 5.92 Å². The van der Waals surface area contributed by atoms with Crippen molar-refractivity contribution in [3.05, 3.63) is 75.7 Å². The highest BCUT2D eigenvalue weighted by molar-refractivity contribution is 5.99. The zero-order chi connectivity index (χ0) is 24.0. The molecule has 0 bridgehead atoms. The normalized spacial score (nSPS) is 11.2. The van der Waals surface area contributed by atoms with Crippen molar-refractivity contribution >= 4 is 28.9 Å². The van der Waals surface area contributed by atoms with Crippen LogP contribution in [0.2, 0.25) is 0 Å². The van der Waals surface area contributed by atoms with Crippen LogP contribution >= 0.6 is 0 Å². The molecule has 1 aromatic heterocycles. The van der Waals surface area contributed by atoms with E-state index < -0.39 is 17.5 Å². The van der Waals surface area contributed by atoms with E-state index in [1.165, 1.54) is 31.4 Å². The molecule has 0 aliphatic heterocycles. The molecule has 8 nitrogen and oxygen atoms in total. The van der Waals surface area contributed by atoms with Gasteiger partial charge in [0.15, 0.2) is 0 Å². The van der Waals surface area contributed by atoms with Gasteiger partial charge in [-0.3, -0.25) is 4.79 Å². The van der Waals surface area contributed by atoms with Crippen LogP contribution in [0.1, 0.15) is 29.8 Å². The maximum atomic E-state index is 12.5. The summed E-state index contributed by atoms with van der Waals surface area (Å²) in [5, 5.41) is 12.5. The topological polar surface area (TPSA) is 119 Å². The third-order valence-corrected chi connectivity index (χ3v) is 4.60. The number of ether oxygens (including phenoxy) is 2. The van der Waals surface area contributed by atoms with Crippen LogP contribution in [0.15, 0.2) is 63.3 Å². The molecule has 2 aromatic carbocycles. The highest BCUT2D eigenvalue weighted by Gasteiger charge is 2.16. The fraction of sp³-hybridized carbons (Fsp3) is 0.200. The first-order valence-corrected chi connectivity index (χ1v) is 10.1. The number of hydrogen-bond acceptors (Lipinski definition) is 7. The molecule has 0 saturated heterocycles. The standard InChI is InChI=1S/C25H22N2O6/c1-15(2)14-27-23(28)21-11-17-6-9-20(12-22(17)33-25(21)30)32-24(29)18(13-26)10-16-4-7-19(31-3)8-5-16/h4-12,15H,14H2,1-3H3,(H,27,28)/b18-10+. The molecular weight excluding hydrogens is 424 g/mol. The van der Waals surface area contributed by atoms with Crippen LogP contribution in [-0.4, -0.2) is 25.5 Å². The second kappa shape index (κ2) is 10.3. The lowest BCUT2D eigenvalue weighted by Gasteiger charge is -2.08. The molecule has 0 saturated carbocycles. The number of rotatable bonds is 7. The summed E-state index contributed by atoms with van der Waals surface area (Å²) >= 11 is 0. The molecule has 0 aliphatic carbocycles. The fourth-order valence-corrected chi connectivity index (χ4v) is 2.87. The Morgan fingerprint density at radius 1 is 1.12 bits per heavy atom. The van der Waals surface area contributed by atoms with Gasteiger partial charge in [-0.2, -0.15) is 5.26 Å². The van der Waals surface area contributed by atoms with Gasteiger partial charge >= 0.3 is 11.6 Å². The van der Waals surface area contributed by atoms with Crippen LogP contribution < -0.4 is 20.4 Å². The number of hydrogen-bond donors (Lipinski definition) is 1. The number of esters is 1. The molecule has 1 heterocycles. The maximum absolute atomic E-state index is 12.5. The number of methoxy groups -OCH3 is 1. The van der Waals surface area contributed by atoms with E-state index in [2.05, 4.69) is 5.32 Å². The molecule has 0 spiro atoms. The van der Waals surface area contributed by atoms with Gasteiger partial charge in [0.05, 0.1) is 7.11 Å². The number of benzene rings is 2. The summed E-state index contributed by atoms with van der Waals surface area (Å²) in [6.45, 7) is 4.31. The molecule has 8 heteroatoms. The van der Waals surface area contributed by atoms with Crippen LogP contribution in [0.3, 0.4) is 0 Å². The second-order valence-electron chi connectivity index (χ2n) is 7.58. The van der Waals surface area contributed by atoms with E-state index in [1.807, 2.05) is 19.9 Å². The Kier molecular flexibility index (Phi) is 7.26. The lowest BCUT2D eigenvalue weighted by Crippen LogP contribution is -2.31. The summed E-state index contributed by atoms with van der Waals surface area (Å²) in [5.41, 5.74) is -0.356. The number of nitrogens with one attached hydrogen (secondary N) is 1. The van der Waals surface area contributed by atoms with E-state index >= 15 is 0 Å². The van der Waals surface area contributed by atoms with Gasteiger partial charge in [-0.05, 0) is 47.9 Å². The van der Waals surface area contributed by atoms with Crippen molar-refractivity contribution in [2.45, 2.75) is 13.8 Å². The second-order valence-corrected chi connectivity index (χ2v) is 7.58. The fourth-order valence-electron chi connectivity index (χ4n) is 2.87. The molecule has 3 aromatic rings. The lowest BCUT2D eigenvalue weighted by molar-refractivity contribution is -0.129. The Balaban J connectivity index is 1.80. The Bertz CT molecular complexity index is 1310. The average Bonchev–Trinajstić information content (AvgIpc) is 2.80. The largest absolute Gasteiger partial charge is 0.497 e. The van der Waals surface area contributed by atoms with E-state index in [9.17, 15) is 19.6 Å². The van der Waals surface area contributed by atoms with Crippen LogP contribution in [0.25, 0.3) is 17.0 Å². The molecule has 0 radical (unpaired) electrons. The SMILES string of the molecule is COc1ccc(/C=C(\C#N)C(=O)Oc2ccc3cc(C(=O)NCC(C)C)c(=O)oc3c2)cc1. The van der Waals surface area contributed by atoms with E-state index in [4.69, 9.17) is 13.9 Å². The summed E-state index contributed by atoms with van der Waals surface area (Å²) < 4.78 is 15.6. The van der Waals surface area contributed by atoms with Crippen molar-refractivity contribution in [2.75, 3.05) is 13.7 Å². The lowest BCUT2D eigenvalue weighted by atomic mass is 10.1. The number of amides is 1. The number of fused-ring (bicyclic) bond motifs is 1. The van der Waals surface area contributed by atoms with E-state index in [1.54, 1.807) is 30.3 Å². The minimum absolute atomic E-state index is 0.0866. The Hall–Kier alpha value is -4.38. The minimum atomic E-state index is -0.861. The van der Waals surface area contributed by atoms with Crippen molar-refractivity contribution < 1.29 is 23.5 Å². The molecule has 3 rings (SSSR count). The highest BCUT2D eigenvalue weighted by atomic mass is 16.5. The molecular formula is C25H22N2O6. The predicted molar refractivity (Wildman–Crippen MR) is 122 cm³/mol. The average molecular weight is 446 g/mol. The third-order valence-electron chi connectivity index (χ3n) is 4.60. The minimum Gasteiger partial charge on any atom is -0.497 e. The van der Waals surface area contributed by atoms with Crippen molar-refractivity contribution in [1.29, 1.82) is 5.26 Å². The number of nitrogens with zero attached hydrogens (tertiary/aromatic N) is 1. The van der Waals surface area contributed by atoms with Crippen molar-refractivity contribution in [3.8, 4) is 17.6 Å². The first kappa shape index (κ1) is 23.3. The summed E-state index contributed by atoms with van der Waals surface area (Å²) in [6.07, 6.45) is 1.39. The Morgan fingerprint density at radius 3 is 2.45 bits per heavy atom. The molecule has 0 atom stereocenters. The summed E-state index contributed by atoms with van der Waals surface area (Å²) in [4.78, 5) is 37.0. The predicted octanol–water partition coefficient (Wildman–Crippen LogP) is 3.70. The maximum Gasteiger partial charge on any atom is 0.354 e. The molecule has 0 aliphatic rings. The zero-order valence-corrected chi connectivity index (χ0v) is 18.4. The van der Waals surface area contributed by atoms with Gasteiger partial charge in [-0.25, -0.2) is 9.59 Å². The van der Waals surface area contributed by atoms with Crippen molar-refractivity contribution in [1.82, 2.24) is 5.32 Å². The molecule has 33 heavy (non-hydrogen) atoms. The van der Waals surface area contributed by atoms with Gasteiger partial charge in [0.2, 0.25) is 0 Å². The quantitative estimate of drug-likeness (QED) is 0.193. The molecule has 168 valence electrons. The molecule has 1 amide bonds. The van der Waals surface area contributed by atoms with Gasteiger partial charge in [0.1, 0.15) is 34.3 Å². The Morgan fingerprint density at radius 2 is 1.82 bits per heavy atom. The van der Waals surface area contributed by atoms with Gasteiger partial charge < -0.3 is 19.2 Å².